The predicted molar refractivity (Wildman–Crippen MR) is 75.4 cm³/mol. The standard InChI is InChI=1S/C13H11BrN4/c14-10-2-3-12-9(6-10)7-11(18-12)8-17-13-15-4-1-5-16-13/h1-7,18H,8H2,(H,15,16,17). The van der Waals surface area contributed by atoms with Crippen LogP contribution in [0.2, 0.25) is 0 Å². The number of hydrogen-bond acceptors (Lipinski definition) is 3. The Balaban J connectivity index is 1.79. The maximum atomic E-state index is 4.12. The van der Waals surface area contributed by atoms with Crippen molar-refractivity contribution in [1.82, 2.24) is 15.0 Å². The molecule has 0 saturated carbocycles. The van der Waals surface area contributed by atoms with Crippen LogP contribution in [0.25, 0.3) is 10.9 Å². The Morgan fingerprint density at radius 1 is 1.17 bits per heavy atom. The first kappa shape index (κ1) is 11.2. The van der Waals surface area contributed by atoms with Crippen LogP contribution in [0.5, 0.6) is 0 Å². The van der Waals surface area contributed by atoms with Gasteiger partial charge in [-0.2, -0.15) is 0 Å². The summed E-state index contributed by atoms with van der Waals surface area (Å²) < 4.78 is 1.08. The van der Waals surface area contributed by atoms with Gasteiger partial charge in [-0.15, -0.1) is 0 Å². The van der Waals surface area contributed by atoms with Gasteiger partial charge in [-0.05, 0) is 30.3 Å². The van der Waals surface area contributed by atoms with Crippen LogP contribution in [0.4, 0.5) is 5.95 Å². The molecule has 0 bridgehead atoms. The molecule has 0 aliphatic rings. The van der Waals surface area contributed by atoms with Crippen molar-refractivity contribution in [3.05, 3.63) is 52.9 Å². The average Bonchev–Trinajstić information content (AvgIpc) is 2.79. The van der Waals surface area contributed by atoms with Crippen LogP contribution < -0.4 is 5.32 Å². The van der Waals surface area contributed by atoms with Gasteiger partial charge in [0, 0.05) is 33.5 Å². The van der Waals surface area contributed by atoms with Crippen LogP contribution in [-0.4, -0.2) is 15.0 Å². The number of hydrogen-bond donors (Lipinski definition) is 2. The molecule has 0 amide bonds. The molecule has 1 aromatic carbocycles. The summed E-state index contributed by atoms with van der Waals surface area (Å²) in [6.45, 7) is 0.677. The molecule has 0 unspecified atom stereocenters. The van der Waals surface area contributed by atoms with E-state index >= 15 is 0 Å². The lowest BCUT2D eigenvalue weighted by Crippen LogP contribution is -2.02. The third kappa shape index (κ3) is 2.36. The van der Waals surface area contributed by atoms with E-state index in [1.807, 2.05) is 6.07 Å². The van der Waals surface area contributed by atoms with Gasteiger partial charge >= 0.3 is 0 Å². The summed E-state index contributed by atoms with van der Waals surface area (Å²) in [7, 11) is 0. The zero-order chi connectivity index (χ0) is 12.4. The number of nitrogens with zero attached hydrogens (tertiary/aromatic N) is 2. The van der Waals surface area contributed by atoms with Gasteiger partial charge in [-0.1, -0.05) is 15.9 Å². The van der Waals surface area contributed by atoms with E-state index in [0.29, 0.717) is 12.5 Å². The van der Waals surface area contributed by atoms with Gasteiger partial charge in [-0.25, -0.2) is 9.97 Å². The average molecular weight is 303 g/mol. The summed E-state index contributed by atoms with van der Waals surface area (Å²) in [5.41, 5.74) is 2.24. The minimum Gasteiger partial charge on any atom is -0.357 e. The van der Waals surface area contributed by atoms with Crippen LogP contribution in [0.3, 0.4) is 0 Å². The van der Waals surface area contributed by atoms with Gasteiger partial charge in [0.2, 0.25) is 5.95 Å². The minimum absolute atomic E-state index is 0.636. The van der Waals surface area contributed by atoms with E-state index in [4.69, 9.17) is 0 Å². The van der Waals surface area contributed by atoms with Crippen molar-refractivity contribution in [2.24, 2.45) is 0 Å². The summed E-state index contributed by atoms with van der Waals surface area (Å²) in [5.74, 6) is 0.636. The number of nitrogens with one attached hydrogen (secondary N) is 2. The second-order valence-corrected chi connectivity index (χ2v) is 4.87. The van der Waals surface area contributed by atoms with Crippen LogP contribution >= 0.6 is 15.9 Å². The fourth-order valence-electron chi connectivity index (χ4n) is 1.82. The molecule has 0 atom stereocenters. The SMILES string of the molecule is Brc1ccc2[nH]c(CNc3ncccn3)cc2c1. The van der Waals surface area contributed by atoms with E-state index in [-0.39, 0.29) is 0 Å². The molecule has 0 spiro atoms. The zero-order valence-electron chi connectivity index (χ0n) is 9.52. The van der Waals surface area contributed by atoms with Crippen molar-refractivity contribution < 1.29 is 0 Å². The second kappa shape index (κ2) is 4.78. The summed E-state index contributed by atoms with van der Waals surface area (Å²) in [6, 6.07) is 10.1. The van der Waals surface area contributed by atoms with Crippen LogP contribution in [0, 0.1) is 0 Å². The molecule has 90 valence electrons. The maximum absolute atomic E-state index is 4.12. The molecule has 0 saturated heterocycles. The largest absolute Gasteiger partial charge is 0.357 e. The number of rotatable bonds is 3. The van der Waals surface area contributed by atoms with Gasteiger partial charge in [0.05, 0.1) is 6.54 Å². The number of H-pyrrole nitrogens is 1. The quantitative estimate of drug-likeness (QED) is 0.780. The van der Waals surface area contributed by atoms with Gasteiger partial charge in [0.25, 0.3) is 0 Å². The van der Waals surface area contributed by atoms with E-state index in [9.17, 15) is 0 Å². The van der Waals surface area contributed by atoms with Gasteiger partial charge < -0.3 is 10.3 Å². The van der Waals surface area contributed by atoms with Crippen LogP contribution in [-0.2, 0) is 6.54 Å². The summed E-state index contributed by atoms with van der Waals surface area (Å²) >= 11 is 3.47. The number of halogens is 1. The summed E-state index contributed by atoms with van der Waals surface area (Å²) in [6.07, 6.45) is 3.44. The van der Waals surface area contributed by atoms with Gasteiger partial charge in [0.1, 0.15) is 0 Å². The lowest BCUT2D eigenvalue weighted by molar-refractivity contribution is 1.02. The van der Waals surface area contributed by atoms with Gasteiger partial charge in [-0.3, -0.25) is 0 Å². The number of fused-ring (bicyclic) bond motifs is 1. The second-order valence-electron chi connectivity index (χ2n) is 3.95. The van der Waals surface area contributed by atoms with E-state index in [0.717, 1.165) is 15.7 Å². The van der Waals surface area contributed by atoms with Crippen LogP contribution in [0.1, 0.15) is 5.69 Å². The monoisotopic (exact) mass is 302 g/mol. The molecular weight excluding hydrogens is 292 g/mol. The van der Waals surface area contributed by atoms with E-state index in [1.54, 1.807) is 18.5 Å². The predicted octanol–water partition coefficient (Wildman–Crippen LogP) is 3.33. The Labute approximate surface area is 113 Å². The maximum Gasteiger partial charge on any atom is 0.222 e. The van der Waals surface area contributed by atoms with E-state index < -0.39 is 0 Å². The Kier molecular flexibility index (Phi) is 2.98. The Morgan fingerprint density at radius 3 is 2.83 bits per heavy atom. The van der Waals surface area contributed by atoms with Crippen molar-refractivity contribution in [3.63, 3.8) is 0 Å². The fraction of sp³-hybridized carbons (Fsp3) is 0.0769. The highest BCUT2D eigenvalue weighted by molar-refractivity contribution is 9.10. The first-order valence-corrected chi connectivity index (χ1v) is 6.38. The molecule has 5 heteroatoms. The van der Waals surface area contributed by atoms with Crippen molar-refractivity contribution in [2.45, 2.75) is 6.54 Å². The molecule has 3 aromatic rings. The fourth-order valence-corrected chi connectivity index (χ4v) is 2.20. The number of aromatic amines is 1. The minimum atomic E-state index is 0.636. The van der Waals surface area contributed by atoms with Crippen molar-refractivity contribution in [1.29, 1.82) is 0 Å². The highest BCUT2D eigenvalue weighted by atomic mass is 79.9. The molecule has 2 heterocycles. The van der Waals surface area contributed by atoms with Crippen molar-refractivity contribution in [3.8, 4) is 0 Å². The highest BCUT2D eigenvalue weighted by Gasteiger charge is 2.01. The molecule has 3 rings (SSSR count). The molecule has 4 nitrogen and oxygen atoms in total. The first-order chi connectivity index (χ1) is 8.81. The first-order valence-electron chi connectivity index (χ1n) is 5.59. The highest BCUT2D eigenvalue weighted by Crippen LogP contribution is 2.20. The number of benzene rings is 1. The number of anilines is 1. The van der Waals surface area contributed by atoms with Gasteiger partial charge in [0.15, 0.2) is 0 Å². The molecule has 0 radical (unpaired) electrons. The van der Waals surface area contributed by atoms with E-state index in [2.05, 4.69) is 54.4 Å². The molecule has 2 N–H and O–H groups in total. The lowest BCUT2D eigenvalue weighted by Gasteiger charge is -2.01. The molecule has 2 aromatic heterocycles. The van der Waals surface area contributed by atoms with Crippen molar-refractivity contribution >= 4 is 32.8 Å². The third-order valence-electron chi connectivity index (χ3n) is 2.64. The zero-order valence-corrected chi connectivity index (χ0v) is 11.1. The summed E-state index contributed by atoms with van der Waals surface area (Å²) in [5, 5.41) is 4.36. The third-order valence-corrected chi connectivity index (χ3v) is 3.13. The molecular formula is C13H11BrN4. The Morgan fingerprint density at radius 2 is 2.00 bits per heavy atom. The Bertz CT molecular complexity index is 663. The van der Waals surface area contributed by atoms with E-state index in [1.165, 1.54) is 5.39 Å². The smallest absolute Gasteiger partial charge is 0.222 e. The Hall–Kier alpha value is -1.88. The number of aromatic nitrogens is 3. The lowest BCUT2D eigenvalue weighted by atomic mass is 10.2. The van der Waals surface area contributed by atoms with Crippen LogP contribution in [0.15, 0.2) is 47.2 Å². The molecule has 18 heavy (non-hydrogen) atoms. The normalized spacial score (nSPS) is 10.7. The molecule has 0 aliphatic carbocycles. The molecule has 0 aliphatic heterocycles. The summed E-state index contributed by atoms with van der Waals surface area (Å²) in [4.78, 5) is 11.6. The molecule has 0 fully saturated rings. The van der Waals surface area contributed by atoms with Crippen molar-refractivity contribution in [2.75, 3.05) is 5.32 Å². The topological polar surface area (TPSA) is 53.6 Å².